The van der Waals surface area contributed by atoms with Gasteiger partial charge in [0.25, 0.3) is 0 Å². The van der Waals surface area contributed by atoms with Gasteiger partial charge in [0, 0.05) is 18.3 Å². The zero-order chi connectivity index (χ0) is 14.8. The van der Waals surface area contributed by atoms with Crippen molar-refractivity contribution in [3.05, 3.63) is 46.2 Å². The molecule has 5 heteroatoms. The van der Waals surface area contributed by atoms with Crippen LogP contribution >= 0.6 is 15.9 Å². The number of rotatable bonds is 3. The molecular formula is C15H17BrN4. The van der Waals surface area contributed by atoms with Crippen molar-refractivity contribution in [2.45, 2.75) is 32.9 Å². The van der Waals surface area contributed by atoms with Crippen LogP contribution in [0.5, 0.6) is 0 Å². The van der Waals surface area contributed by atoms with Crippen LogP contribution < -0.4 is 5.32 Å². The summed E-state index contributed by atoms with van der Waals surface area (Å²) in [6.45, 7) is 7.09. The lowest BCUT2D eigenvalue weighted by molar-refractivity contribution is 0.424. The number of nitriles is 1. The van der Waals surface area contributed by atoms with E-state index in [9.17, 15) is 5.26 Å². The second-order valence-electron chi connectivity index (χ2n) is 5.67. The topological polar surface area (TPSA) is 53.6 Å². The molecule has 0 aliphatic heterocycles. The van der Waals surface area contributed by atoms with Gasteiger partial charge < -0.3 is 5.32 Å². The molecule has 0 radical (unpaired) electrons. The SMILES string of the molecule is CC(C)(C)NCc1ccc(-n2cc(Br)cn2)c(C#N)c1. The van der Waals surface area contributed by atoms with Gasteiger partial charge >= 0.3 is 0 Å². The minimum absolute atomic E-state index is 0.0539. The summed E-state index contributed by atoms with van der Waals surface area (Å²) < 4.78 is 2.59. The highest BCUT2D eigenvalue weighted by atomic mass is 79.9. The summed E-state index contributed by atoms with van der Waals surface area (Å²) in [5.41, 5.74) is 2.55. The van der Waals surface area contributed by atoms with Crippen LogP contribution in [-0.4, -0.2) is 15.3 Å². The maximum absolute atomic E-state index is 9.32. The minimum atomic E-state index is 0.0539. The van der Waals surface area contributed by atoms with E-state index >= 15 is 0 Å². The molecule has 4 nitrogen and oxygen atoms in total. The number of aromatic nitrogens is 2. The second-order valence-corrected chi connectivity index (χ2v) is 6.59. The Hall–Kier alpha value is -1.64. The molecule has 0 aliphatic carbocycles. The second kappa shape index (κ2) is 5.78. The lowest BCUT2D eigenvalue weighted by Crippen LogP contribution is -2.35. The Morgan fingerprint density at radius 1 is 1.40 bits per heavy atom. The van der Waals surface area contributed by atoms with Gasteiger partial charge in [-0.1, -0.05) is 6.07 Å². The summed E-state index contributed by atoms with van der Waals surface area (Å²) in [5.74, 6) is 0. The number of halogens is 1. The van der Waals surface area contributed by atoms with Gasteiger partial charge in [0.15, 0.2) is 0 Å². The molecule has 20 heavy (non-hydrogen) atoms. The van der Waals surface area contributed by atoms with Crippen LogP contribution in [0.15, 0.2) is 35.1 Å². The van der Waals surface area contributed by atoms with Crippen molar-refractivity contribution in [2.24, 2.45) is 0 Å². The van der Waals surface area contributed by atoms with Crippen LogP contribution in [0.3, 0.4) is 0 Å². The van der Waals surface area contributed by atoms with E-state index in [-0.39, 0.29) is 5.54 Å². The molecule has 0 bridgehead atoms. The third kappa shape index (κ3) is 3.69. The normalized spacial score (nSPS) is 11.3. The number of benzene rings is 1. The molecule has 0 unspecified atom stereocenters. The average molecular weight is 333 g/mol. The zero-order valence-electron chi connectivity index (χ0n) is 11.8. The van der Waals surface area contributed by atoms with Crippen LogP contribution in [0.2, 0.25) is 0 Å². The van der Waals surface area contributed by atoms with Crippen molar-refractivity contribution in [2.75, 3.05) is 0 Å². The molecule has 1 heterocycles. The van der Waals surface area contributed by atoms with Gasteiger partial charge in [-0.05, 0) is 54.4 Å². The van der Waals surface area contributed by atoms with Crippen molar-refractivity contribution < 1.29 is 0 Å². The summed E-state index contributed by atoms with van der Waals surface area (Å²) in [6.07, 6.45) is 3.54. The van der Waals surface area contributed by atoms with Crippen LogP contribution in [-0.2, 0) is 6.54 Å². The van der Waals surface area contributed by atoms with Crippen molar-refractivity contribution in [3.63, 3.8) is 0 Å². The number of nitrogens with one attached hydrogen (secondary N) is 1. The molecule has 0 saturated heterocycles. The zero-order valence-corrected chi connectivity index (χ0v) is 13.4. The molecule has 104 valence electrons. The van der Waals surface area contributed by atoms with Crippen LogP contribution in [0, 0.1) is 11.3 Å². The fraction of sp³-hybridized carbons (Fsp3) is 0.333. The third-order valence-corrected chi connectivity index (χ3v) is 3.21. The van der Waals surface area contributed by atoms with Gasteiger partial charge in [-0.25, -0.2) is 4.68 Å². The molecule has 1 aromatic carbocycles. The first-order chi connectivity index (χ1) is 9.39. The van der Waals surface area contributed by atoms with E-state index in [1.165, 1.54) is 0 Å². The van der Waals surface area contributed by atoms with Crippen molar-refractivity contribution >= 4 is 15.9 Å². The molecule has 0 atom stereocenters. The van der Waals surface area contributed by atoms with E-state index in [4.69, 9.17) is 0 Å². The average Bonchev–Trinajstić information content (AvgIpc) is 2.81. The van der Waals surface area contributed by atoms with E-state index < -0.39 is 0 Å². The van der Waals surface area contributed by atoms with Crippen molar-refractivity contribution in [3.8, 4) is 11.8 Å². The lowest BCUT2D eigenvalue weighted by Gasteiger charge is -2.20. The summed E-state index contributed by atoms with van der Waals surface area (Å²) in [4.78, 5) is 0. The smallest absolute Gasteiger partial charge is 0.101 e. The Morgan fingerprint density at radius 2 is 2.15 bits per heavy atom. The van der Waals surface area contributed by atoms with E-state index in [1.807, 2.05) is 24.4 Å². The Balaban J connectivity index is 2.27. The number of nitrogens with zero attached hydrogens (tertiary/aromatic N) is 3. The largest absolute Gasteiger partial charge is 0.308 e. The van der Waals surface area contributed by atoms with Crippen molar-refractivity contribution in [1.82, 2.24) is 15.1 Å². The highest BCUT2D eigenvalue weighted by Gasteiger charge is 2.11. The van der Waals surface area contributed by atoms with E-state index in [0.29, 0.717) is 5.56 Å². The molecular weight excluding hydrogens is 316 g/mol. The first kappa shape index (κ1) is 14.8. The van der Waals surface area contributed by atoms with Gasteiger partial charge in [0.2, 0.25) is 0 Å². The fourth-order valence-electron chi connectivity index (χ4n) is 1.78. The van der Waals surface area contributed by atoms with Gasteiger partial charge in [-0.15, -0.1) is 0 Å². The summed E-state index contributed by atoms with van der Waals surface area (Å²) >= 11 is 3.36. The summed E-state index contributed by atoms with van der Waals surface area (Å²) in [5, 5.41) is 16.9. The quantitative estimate of drug-likeness (QED) is 0.937. The highest BCUT2D eigenvalue weighted by molar-refractivity contribution is 9.10. The predicted molar refractivity (Wildman–Crippen MR) is 82.6 cm³/mol. The van der Waals surface area contributed by atoms with Crippen molar-refractivity contribution in [1.29, 1.82) is 5.26 Å². The number of hydrogen-bond donors (Lipinski definition) is 1. The molecule has 1 aromatic heterocycles. The maximum Gasteiger partial charge on any atom is 0.101 e. The molecule has 0 fully saturated rings. The standard InChI is InChI=1S/C15H17BrN4/c1-15(2,3)18-8-11-4-5-14(12(6-11)7-17)20-10-13(16)9-19-20/h4-6,9-10,18H,8H2,1-3H3. The highest BCUT2D eigenvalue weighted by Crippen LogP contribution is 2.18. The van der Waals surface area contributed by atoms with Gasteiger partial charge in [0.05, 0.1) is 21.9 Å². The first-order valence-corrected chi connectivity index (χ1v) is 7.17. The maximum atomic E-state index is 9.32. The van der Waals surface area contributed by atoms with E-state index in [2.05, 4.69) is 53.2 Å². The predicted octanol–water partition coefficient (Wildman–Crippen LogP) is 3.39. The van der Waals surface area contributed by atoms with E-state index in [1.54, 1.807) is 10.9 Å². The Morgan fingerprint density at radius 3 is 2.70 bits per heavy atom. The molecule has 0 aliphatic rings. The van der Waals surface area contributed by atoms with Gasteiger partial charge in [-0.2, -0.15) is 10.4 Å². The van der Waals surface area contributed by atoms with Crippen LogP contribution in [0.1, 0.15) is 31.9 Å². The Kier molecular flexibility index (Phi) is 4.26. The third-order valence-electron chi connectivity index (χ3n) is 2.80. The fourth-order valence-corrected chi connectivity index (χ4v) is 2.07. The number of hydrogen-bond acceptors (Lipinski definition) is 3. The van der Waals surface area contributed by atoms with E-state index in [0.717, 1.165) is 22.3 Å². The Bertz CT molecular complexity index is 647. The minimum Gasteiger partial charge on any atom is -0.308 e. The molecule has 0 amide bonds. The molecule has 0 spiro atoms. The summed E-state index contributed by atoms with van der Waals surface area (Å²) in [6, 6.07) is 8.09. The Labute approximate surface area is 127 Å². The molecule has 2 rings (SSSR count). The van der Waals surface area contributed by atoms with Gasteiger partial charge in [-0.3, -0.25) is 0 Å². The van der Waals surface area contributed by atoms with Gasteiger partial charge in [0.1, 0.15) is 6.07 Å². The molecule has 0 saturated carbocycles. The lowest BCUT2D eigenvalue weighted by atomic mass is 10.1. The summed E-state index contributed by atoms with van der Waals surface area (Å²) in [7, 11) is 0. The van der Waals surface area contributed by atoms with Crippen LogP contribution in [0.4, 0.5) is 0 Å². The molecule has 2 aromatic rings. The monoisotopic (exact) mass is 332 g/mol. The van der Waals surface area contributed by atoms with Crippen LogP contribution in [0.25, 0.3) is 5.69 Å². The molecule has 1 N–H and O–H groups in total. The first-order valence-electron chi connectivity index (χ1n) is 6.38.